The maximum Gasteiger partial charge on any atom is 0.193 e. The van der Waals surface area contributed by atoms with Gasteiger partial charge in [-0.2, -0.15) is 0 Å². The minimum absolute atomic E-state index is 0.00365. The molecule has 22 heavy (non-hydrogen) atoms. The summed E-state index contributed by atoms with van der Waals surface area (Å²) in [7, 11) is 0. The van der Waals surface area contributed by atoms with Gasteiger partial charge in [-0.1, -0.05) is 20.8 Å². The van der Waals surface area contributed by atoms with Crippen molar-refractivity contribution in [3.8, 4) is 5.75 Å². The second-order valence-electron chi connectivity index (χ2n) is 5.71. The molecule has 2 N–H and O–H groups in total. The summed E-state index contributed by atoms with van der Waals surface area (Å²) in [4.78, 5) is 12.6. The van der Waals surface area contributed by atoms with Crippen LogP contribution in [0.3, 0.4) is 0 Å². The summed E-state index contributed by atoms with van der Waals surface area (Å²) >= 11 is 0. The van der Waals surface area contributed by atoms with Crippen molar-refractivity contribution in [2.24, 2.45) is 0 Å². The standard InChI is InChI=1S/C19H23NO2/c1-4-11-22-18-10-7-15(12-17(18)13(2)3)19(21)14-5-8-16(20)9-6-14/h5-10,12-13H,4,11,20H2,1-3H3. The molecule has 0 bridgehead atoms. The molecule has 2 aromatic carbocycles. The van der Waals surface area contributed by atoms with Gasteiger partial charge < -0.3 is 10.5 Å². The maximum atomic E-state index is 12.6. The van der Waals surface area contributed by atoms with Crippen LogP contribution < -0.4 is 10.5 Å². The third kappa shape index (κ3) is 3.67. The van der Waals surface area contributed by atoms with Gasteiger partial charge in [-0.3, -0.25) is 4.79 Å². The van der Waals surface area contributed by atoms with Gasteiger partial charge in [0.1, 0.15) is 5.75 Å². The molecule has 0 spiro atoms. The van der Waals surface area contributed by atoms with E-state index in [4.69, 9.17) is 10.5 Å². The fourth-order valence-electron chi connectivity index (χ4n) is 2.29. The van der Waals surface area contributed by atoms with E-state index < -0.39 is 0 Å². The van der Waals surface area contributed by atoms with Gasteiger partial charge in [0.25, 0.3) is 0 Å². The van der Waals surface area contributed by atoms with E-state index in [9.17, 15) is 4.79 Å². The second-order valence-corrected chi connectivity index (χ2v) is 5.71. The zero-order valence-corrected chi connectivity index (χ0v) is 13.4. The fourth-order valence-corrected chi connectivity index (χ4v) is 2.29. The molecule has 0 aliphatic rings. The number of nitrogens with two attached hydrogens (primary N) is 1. The summed E-state index contributed by atoms with van der Waals surface area (Å²) in [6.45, 7) is 6.97. The molecule has 0 saturated carbocycles. The van der Waals surface area contributed by atoms with Crippen LogP contribution in [0.5, 0.6) is 5.75 Å². The van der Waals surface area contributed by atoms with Crippen molar-refractivity contribution in [3.63, 3.8) is 0 Å². The Balaban J connectivity index is 2.33. The molecule has 3 nitrogen and oxygen atoms in total. The van der Waals surface area contributed by atoms with Crippen molar-refractivity contribution >= 4 is 11.5 Å². The summed E-state index contributed by atoms with van der Waals surface area (Å²) in [5.74, 6) is 1.17. The number of hydrogen-bond donors (Lipinski definition) is 1. The van der Waals surface area contributed by atoms with E-state index in [-0.39, 0.29) is 5.78 Å². The molecule has 0 radical (unpaired) electrons. The lowest BCUT2D eigenvalue weighted by Crippen LogP contribution is -2.05. The molecule has 0 unspecified atom stereocenters. The highest BCUT2D eigenvalue weighted by Gasteiger charge is 2.14. The minimum atomic E-state index is 0.00365. The molecule has 116 valence electrons. The van der Waals surface area contributed by atoms with E-state index in [0.717, 1.165) is 17.7 Å². The summed E-state index contributed by atoms with van der Waals surface area (Å²) < 4.78 is 5.78. The number of benzene rings is 2. The van der Waals surface area contributed by atoms with Crippen LogP contribution in [0.1, 0.15) is 54.6 Å². The zero-order chi connectivity index (χ0) is 16.1. The van der Waals surface area contributed by atoms with Gasteiger partial charge in [0.15, 0.2) is 5.78 Å². The Kier molecular flexibility index (Phi) is 5.21. The SMILES string of the molecule is CCCOc1ccc(C(=O)c2ccc(N)cc2)cc1C(C)C. The van der Waals surface area contributed by atoms with E-state index in [0.29, 0.717) is 29.3 Å². The number of anilines is 1. The molecule has 2 aromatic rings. The van der Waals surface area contributed by atoms with Crippen LogP contribution in [0.2, 0.25) is 0 Å². The minimum Gasteiger partial charge on any atom is -0.493 e. The molecule has 0 saturated heterocycles. The molecule has 0 aliphatic carbocycles. The van der Waals surface area contributed by atoms with Crippen LogP contribution in [-0.2, 0) is 0 Å². The molecule has 3 heteroatoms. The van der Waals surface area contributed by atoms with Crippen molar-refractivity contribution in [1.82, 2.24) is 0 Å². The third-order valence-electron chi connectivity index (χ3n) is 3.53. The van der Waals surface area contributed by atoms with Crippen molar-refractivity contribution in [2.75, 3.05) is 12.3 Å². The molecule has 0 fully saturated rings. The molecule has 0 heterocycles. The average Bonchev–Trinajstić information content (AvgIpc) is 2.52. The number of rotatable bonds is 6. The molecule has 0 amide bonds. The number of carbonyl (C=O) groups is 1. The highest BCUT2D eigenvalue weighted by molar-refractivity contribution is 6.09. The normalized spacial score (nSPS) is 10.7. The van der Waals surface area contributed by atoms with Crippen LogP contribution in [0.4, 0.5) is 5.69 Å². The van der Waals surface area contributed by atoms with Crippen LogP contribution in [0.25, 0.3) is 0 Å². The van der Waals surface area contributed by atoms with Gasteiger partial charge in [-0.05, 0) is 60.4 Å². The number of ether oxygens (including phenoxy) is 1. The summed E-state index contributed by atoms with van der Waals surface area (Å²) in [5, 5.41) is 0. The van der Waals surface area contributed by atoms with Gasteiger partial charge in [0, 0.05) is 16.8 Å². The Labute approximate surface area is 132 Å². The van der Waals surface area contributed by atoms with E-state index in [1.54, 1.807) is 24.3 Å². The van der Waals surface area contributed by atoms with Crippen LogP contribution in [0, 0.1) is 0 Å². The third-order valence-corrected chi connectivity index (χ3v) is 3.53. The lowest BCUT2D eigenvalue weighted by molar-refractivity contribution is 0.103. The van der Waals surface area contributed by atoms with Gasteiger partial charge in [0.2, 0.25) is 0 Å². The van der Waals surface area contributed by atoms with Crippen LogP contribution >= 0.6 is 0 Å². The Bertz CT molecular complexity index is 645. The van der Waals surface area contributed by atoms with Crippen molar-refractivity contribution in [1.29, 1.82) is 0 Å². The van der Waals surface area contributed by atoms with E-state index in [1.807, 2.05) is 18.2 Å². The smallest absolute Gasteiger partial charge is 0.193 e. The van der Waals surface area contributed by atoms with E-state index in [1.165, 1.54) is 0 Å². The summed E-state index contributed by atoms with van der Waals surface area (Å²) in [5.41, 5.74) is 8.71. The summed E-state index contributed by atoms with van der Waals surface area (Å²) in [6, 6.07) is 12.7. The predicted molar refractivity (Wildman–Crippen MR) is 90.6 cm³/mol. The Hall–Kier alpha value is -2.29. The molecule has 0 aliphatic heterocycles. The quantitative estimate of drug-likeness (QED) is 0.634. The molecule has 2 rings (SSSR count). The van der Waals surface area contributed by atoms with Gasteiger partial charge in [-0.25, -0.2) is 0 Å². The van der Waals surface area contributed by atoms with Gasteiger partial charge in [-0.15, -0.1) is 0 Å². The lowest BCUT2D eigenvalue weighted by atomic mass is 9.95. The Morgan fingerprint density at radius 3 is 2.32 bits per heavy atom. The second kappa shape index (κ2) is 7.12. The number of hydrogen-bond acceptors (Lipinski definition) is 3. The van der Waals surface area contributed by atoms with E-state index in [2.05, 4.69) is 20.8 Å². The largest absolute Gasteiger partial charge is 0.493 e. The van der Waals surface area contributed by atoms with Gasteiger partial charge >= 0.3 is 0 Å². The average molecular weight is 297 g/mol. The first-order chi connectivity index (χ1) is 10.5. The Morgan fingerprint density at radius 1 is 1.09 bits per heavy atom. The van der Waals surface area contributed by atoms with Gasteiger partial charge in [0.05, 0.1) is 6.61 Å². The first kappa shape index (κ1) is 16.1. The Morgan fingerprint density at radius 2 is 1.73 bits per heavy atom. The zero-order valence-electron chi connectivity index (χ0n) is 13.4. The van der Waals surface area contributed by atoms with Crippen molar-refractivity contribution in [3.05, 3.63) is 59.2 Å². The topological polar surface area (TPSA) is 52.3 Å². The molecule has 0 aromatic heterocycles. The first-order valence-corrected chi connectivity index (χ1v) is 7.70. The highest BCUT2D eigenvalue weighted by Crippen LogP contribution is 2.28. The highest BCUT2D eigenvalue weighted by atomic mass is 16.5. The lowest BCUT2D eigenvalue weighted by Gasteiger charge is -2.15. The number of nitrogen functional groups attached to an aromatic ring is 1. The fraction of sp³-hybridized carbons (Fsp3) is 0.316. The maximum absolute atomic E-state index is 12.6. The van der Waals surface area contributed by atoms with Crippen molar-refractivity contribution in [2.45, 2.75) is 33.1 Å². The monoisotopic (exact) mass is 297 g/mol. The van der Waals surface area contributed by atoms with E-state index >= 15 is 0 Å². The molecular weight excluding hydrogens is 274 g/mol. The summed E-state index contributed by atoms with van der Waals surface area (Å²) in [6.07, 6.45) is 0.962. The van der Waals surface area contributed by atoms with Crippen LogP contribution in [0.15, 0.2) is 42.5 Å². The van der Waals surface area contributed by atoms with Crippen molar-refractivity contribution < 1.29 is 9.53 Å². The molecule has 0 atom stereocenters. The number of carbonyl (C=O) groups excluding carboxylic acids is 1. The first-order valence-electron chi connectivity index (χ1n) is 7.70. The predicted octanol–water partition coefficient (Wildman–Crippen LogP) is 4.41. The number of ketones is 1. The van der Waals surface area contributed by atoms with Crippen LogP contribution in [-0.4, -0.2) is 12.4 Å². The molecular formula is C19H23NO2.